The van der Waals surface area contributed by atoms with E-state index in [1.54, 1.807) is 7.11 Å². The number of alkyl halides is 2. The Morgan fingerprint density at radius 1 is 1.29 bits per heavy atom. The molecule has 0 spiro atoms. The lowest BCUT2D eigenvalue weighted by molar-refractivity contribution is 0.186. The monoisotopic (exact) mass is 382 g/mol. The predicted molar refractivity (Wildman–Crippen MR) is 81.8 cm³/mol. The maximum atomic E-state index is 6.07. The Kier molecular flexibility index (Phi) is 7.08. The van der Waals surface area contributed by atoms with Gasteiger partial charge in [-0.25, -0.2) is 0 Å². The zero-order valence-corrected chi connectivity index (χ0v) is 13.8. The van der Waals surface area contributed by atoms with Crippen molar-refractivity contribution in [1.82, 2.24) is 0 Å². The molecule has 0 bridgehead atoms. The molecule has 0 atom stereocenters. The van der Waals surface area contributed by atoms with Gasteiger partial charge >= 0.3 is 0 Å². The van der Waals surface area contributed by atoms with Crippen LogP contribution >= 0.6 is 43.5 Å². The Labute approximate surface area is 125 Å². The quantitative estimate of drug-likeness (QED) is 0.485. The molecule has 0 N–H and O–H groups in total. The van der Waals surface area contributed by atoms with Crippen LogP contribution in [0.4, 0.5) is 0 Å². The third kappa shape index (κ3) is 4.23. The summed E-state index contributed by atoms with van der Waals surface area (Å²) >= 11 is 13.3. The third-order valence-corrected chi connectivity index (χ3v) is 5.33. The molecule has 0 aliphatic carbocycles. The molecule has 17 heavy (non-hydrogen) atoms. The fraction of sp³-hybridized carbons (Fsp3) is 0.538. The summed E-state index contributed by atoms with van der Waals surface area (Å²) < 4.78 is 5.13. The van der Waals surface area contributed by atoms with Gasteiger partial charge in [0.25, 0.3) is 0 Å². The van der Waals surface area contributed by atoms with Crippen LogP contribution in [0.2, 0.25) is 5.02 Å². The van der Waals surface area contributed by atoms with Gasteiger partial charge in [-0.15, -0.1) is 0 Å². The molecule has 0 fully saturated rings. The van der Waals surface area contributed by atoms with E-state index in [-0.39, 0.29) is 5.41 Å². The lowest BCUT2D eigenvalue weighted by Gasteiger charge is -2.31. The summed E-state index contributed by atoms with van der Waals surface area (Å²) in [4.78, 5) is 0. The summed E-state index contributed by atoms with van der Waals surface area (Å²) in [7, 11) is 1.74. The summed E-state index contributed by atoms with van der Waals surface area (Å²) in [6.45, 7) is 0.794. The first-order valence-electron chi connectivity index (χ1n) is 5.55. The first kappa shape index (κ1) is 15.5. The normalized spacial score (nSPS) is 11.8. The van der Waals surface area contributed by atoms with Crippen molar-refractivity contribution in [3.8, 4) is 0 Å². The molecule has 96 valence electrons. The minimum atomic E-state index is 0.0867. The van der Waals surface area contributed by atoms with E-state index < -0.39 is 0 Å². The summed E-state index contributed by atoms with van der Waals surface area (Å²) in [5.41, 5.74) is 1.36. The van der Waals surface area contributed by atoms with Crippen LogP contribution in [-0.4, -0.2) is 24.4 Å². The van der Waals surface area contributed by atoms with Crippen LogP contribution in [0.1, 0.15) is 18.4 Å². The average Bonchev–Trinajstić information content (AvgIpc) is 2.35. The molecule has 1 aromatic rings. The van der Waals surface area contributed by atoms with Crippen LogP contribution in [0.5, 0.6) is 0 Å². The number of ether oxygens (including phenoxy) is 1. The highest BCUT2D eigenvalue weighted by molar-refractivity contribution is 9.09. The molecule has 4 heteroatoms. The van der Waals surface area contributed by atoms with E-state index in [4.69, 9.17) is 16.3 Å². The molecule has 1 nitrogen and oxygen atoms in total. The molecule has 0 saturated carbocycles. The molecule has 1 rings (SSSR count). The Morgan fingerprint density at radius 2 is 2.00 bits per heavy atom. The maximum Gasteiger partial charge on any atom is 0.0462 e. The average molecular weight is 385 g/mol. The molecule has 0 radical (unpaired) electrons. The standard InChI is InChI=1S/C13H17Br2ClO/c1-17-7-3-6-13(9-14,10-15)11-4-2-5-12(16)8-11/h2,4-5,8H,3,6-7,9-10H2,1H3. The van der Waals surface area contributed by atoms with Crippen molar-refractivity contribution in [1.29, 1.82) is 0 Å². The first-order chi connectivity index (χ1) is 8.18. The fourth-order valence-electron chi connectivity index (χ4n) is 1.84. The number of methoxy groups -OCH3 is 1. The highest BCUT2D eigenvalue weighted by Crippen LogP contribution is 2.34. The topological polar surface area (TPSA) is 9.23 Å². The van der Waals surface area contributed by atoms with Gasteiger partial charge in [-0.3, -0.25) is 0 Å². The fourth-order valence-corrected chi connectivity index (χ4v) is 4.17. The van der Waals surface area contributed by atoms with Crippen LogP contribution in [0.3, 0.4) is 0 Å². The molecule has 0 amide bonds. The van der Waals surface area contributed by atoms with Crippen molar-refractivity contribution in [2.45, 2.75) is 18.3 Å². The highest BCUT2D eigenvalue weighted by Gasteiger charge is 2.29. The molecule has 0 aromatic heterocycles. The van der Waals surface area contributed by atoms with Gasteiger partial charge in [0.05, 0.1) is 0 Å². The van der Waals surface area contributed by atoms with Gasteiger partial charge in [-0.1, -0.05) is 55.6 Å². The van der Waals surface area contributed by atoms with E-state index in [9.17, 15) is 0 Å². The number of hydrogen-bond donors (Lipinski definition) is 0. The van der Waals surface area contributed by atoms with Crippen LogP contribution in [0.15, 0.2) is 24.3 Å². The van der Waals surface area contributed by atoms with Gasteiger partial charge in [0.2, 0.25) is 0 Å². The molecule has 0 heterocycles. The van der Waals surface area contributed by atoms with Gasteiger partial charge in [0.15, 0.2) is 0 Å². The third-order valence-electron chi connectivity index (χ3n) is 2.95. The van der Waals surface area contributed by atoms with E-state index in [0.29, 0.717) is 0 Å². The maximum absolute atomic E-state index is 6.07. The Bertz CT molecular complexity index is 340. The van der Waals surface area contributed by atoms with Gasteiger partial charge < -0.3 is 4.74 Å². The summed E-state index contributed by atoms with van der Waals surface area (Å²) in [6, 6.07) is 8.11. The summed E-state index contributed by atoms with van der Waals surface area (Å²) in [5.74, 6) is 0. The molecular formula is C13H17Br2ClO. The van der Waals surface area contributed by atoms with Crippen molar-refractivity contribution in [2.24, 2.45) is 0 Å². The van der Waals surface area contributed by atoms with E-state index in [1.165, 1.54) is 5.56 Å². The smallest absolute Gasteiger partial charge is 0.0462 e. The predicted octanol–water partition coefficient (Wildman–Crippen LogP) is 4.79. The molecule has 0 aliphatic rings. The molecule has 0 unspecified atom stereocenters. The number of halogens is 3. The van der Waals surface area contributed by atoms with Crippen LogP contribution < -0.4 is 0 Å². The molecular weight excluding hydrogens is 367 g/mol. The van der Waals surface area contributed by atoms with E-state index >= 15 is 0 Å². The van der Waals surface area contributed by atoms with Crippen LogP contribution in [0.25, 0.3) is 0 Å². The second-order valence-corrected chi connectivity index (χ2v) is 5.71. The van der Waals surface area contributed by atoms with Crippen molar-refractivity contribution in [3.05, 3.63) is 34.9 Å². The second kappa shape index (κ2) is 7.78. The van der Waals surface area contributed by atoms with E-state index in [0.717, 1.165) is 35.1 Å². The number of hydrogen-bond acceptors (Lipinski definition) is 1. The first-order valence-corrected chi connectivity index (χ1v) is 8.17. The van der Waals surface area contributed by atoms with E-state index in [1.807, 2.05) is 12.1 Å². The van der Waals surface area contributed by atoms with Crippen LogP contribution in [-0.2, 0) is 10.2 Å². The Balaban J connectivity index is 2.89. The number of benzene rings is 1. The lowest BCUT2D eigenvalue weighted by Crippen LogP contribution is -2.30. The van der Waals surface area contributed by atoms with E-state index in [2.05, 4.69) is 44.0 Å². The summed E-state index contributed by atoms with van der Waals surface area (Å²) in [5, 5.41) is 2.62. The van der Waals surface area contributed by atoms with Crippen LogP contribution in [0, 0.1) is 0 Å². The molecule has 0 aliphatic heterocycles. The Morgan fingerprint density at radius 3 is 2.53 bits per heavy atom. The van der Waals surface area contributed by atoms with Crippen molar-refractivity contribution >= 4 is 43.5 Å². The number of rotatable bonds is 7. The minimum absolute atomic E-state index is 0.0867. The van der Waals surface area contributed by atoms with Gasteiger partial charge in [-0.2, -0.15) is 0 Å². The van der Waals surface area contributed by atoms with Gasteiger partial charge in [-0.05, 0) is 30.5 Å². The van der Waals surface area contributed by atoms with Gasteiger partial charge in [0, 0.05) is 34.8 Å². The van der Waals surface area contributed by atoms with Crippen molar-refractivity contribution < 1.29 is 4.74 Å². The van der Waals surface area contributed by atoms with Gasteiger partial charge in [0.1, 0.15) is 0 Å². The lowest BCUT2D eigenvalue weighted by atomic mass is 9.80. The SMILES string of the molecule is COCCCC(CBr)(CBr)c1cccc(Cl)c1. The van der Waals surface area contributed by atoms with Crippen molar-refractivity contribution in [3.63, 3.8) is 0 Å². The highest BCUT2D eigenvalue weighted by atomic mass is 79.9. The zero-order chi connectivity index (χ0) is 12.7. The molecule has 1 aromatic carbocycles. The van der Waals surface area contributed by atoms with Crippen molar-refractivity contribution in [2.75, 3.05) is 24.4 Å². The minimum Gasteiger partial charge on any atom is -0.385 e. The Hall–Kier alpha value is 0.430. The molecule has 0 saturated heterocycles. The summed E-state index contributed by atoms with van der Waals surface area (Å²) in [6.07, 6.45) is 2.11. The second-order valence-electron chi connectivity index (χ2n) is 4.15. The largest absolute Gasteiger partial charge is 0.385 e. The zero-order valence-electron chi connectivity index (χ0n) is 9.89.